The predicted molar refractivity (Wildman–Crippen MR) is 112 cm³/mol. The van der Waals surface area contributed by atoms with Crippen LogP contribution in [-0.2, 0) is 11.2 Å². The van der Waals surface area contributed by atoms with Gasteiger partial charge in [-0.25, -0.2) is 0 Å². The van der Waals surface area contributed by atoms with E-state index in [1.165, 1.54) is 11.1 Å². The quantitative estimate of drug-likeness (QED) is 0.616. The smallest absolute Gasteiger partial charge is 0.258 e. The zero-order valence-corrected chi connectivity index (χ0v) is 17.0. The van der Waals surface area contributed by atoms with Crippen LogP contribution in [0.15, 0.2) is 48.5 Å². The minimum absolute atomic E-state index is 0.0439. The number of carbonyl (C=O) groups excluding carboxylic acids is 2. The van der Waals surface area contributed by atoms with Crippen molar-refractivity contribution in [1.82, 2.24) is 10.6 Å². The highest BCUT2D eigenvalue weighted by molar-refractivity contribution is 5.94. The molecule has 0 saturated heterocycles. The van der Waals surface area contributed by atoms with E-state index in [4.69, 9.17) is 4.74 Å². The monoisotopic (exact) mass is 382 g/mol. The average Bonchev–Trinajstić information content (AvgIpc) is 2.71. The van der Waals surface area contributed by atoms with Crippen molar-refractivity contribution in [1.29, 1.82) is 0 Å². The average molecular weight is 383 g/mol. The molecule has 0 aliphatic carbocycles. The number of aryl methyl sites for hydroxylation is 1. The fourth-order valence-electron chi connectivity index (χ4n) is 2.74. The van der Waals surface area contributed by atoms with Crippen LogP contribution < -0.4 is 15.4 Å². The number of carbonyl (C=O) groups is 2. The van der Waals surface area contributed by atoms with Gasteiger partial charge in [-0.1, -0.05) is 51.5 Å². The summed E-state index contributed by atoms with van der Waals surface area (Å²) in [7, 11) is 0. The Morgan fingerprint density at radius 2 is 1.57 bits per heavy atom. The highest BCUT2D eigenvalue weighted by Gasteiger charge is 2.07. The molecule has 0 saturated carbocycles. The van der Waals surface area contributed by atoms with Crippen molar-refractivity contribution in [2.45, 2.75) is 39.5 Å². The Balaban J connectivity index is 1.64. The third-order valence-corrected chi connectivity index (χ3v) is 4.40. The summed E-state index contributed by atoms with van der Waals surface area (Å²) >= 11 is 0. The van der Waals surface area contributed by atoms with Crippen molar-refractivity contribution in [2.75, 3.05) is 19.7 Å². The lowest BCUT2D eigenvalue weighted by Crippen LogP contribution is -2.36. The molecule has 2 aromatic carbocycles. The molecule has 0 spiro atoms. The summed E-state index contributed by atoms with van der Waals surface area (Å²) in [6, 6.07) is 15.4. The molecule has 2 amide bonds. The number of amides is 2. The van der Waals surface area contributed by atoms with Crippen LogP contribution in [-0.4, -0.2) is 31.5 Å². The summed E-state index contributed by atoms with van der Waals surface area (Å²) in [5.74, 6) is 0.748. The van der Waals surface area contributed by atoms with Gasteiger partial charge in [-0.05, 0) is 47.7 Å². The number of benzene rings is 2. The third-order valence-electron chi connectivity index (χ3n) is 4.40. The fourth-order valence-corrected chi connectivity index (χ4v) is 2.74. The maximum atomic E-state index is 12.1. The van der Waals surface area contributed by atoms with Gasteiger partial charge in [0.25, 0.3) is 11.8 Å². The van der Waals surface area contributed by atoms with Crippen LogP contribution in [0.4, 0.5) is 0 Å². The normalized spacial score (nSPS) is 10.6. The second kappa shape index (κ2) is 11.1. The zero-order chi connectivity index (χ0) is 20.4. The maximum absolute atomic E-state index is 12.1. The Kier molecular flexibility index (Phi) is 8.53. The minimum atomic E-state index is -0.215. The molecule has 0 bridgehead atoms. The van der Waals surface area contributed by atoms with Crippen LogP contribution in [0.25, 0.3) is 0 Å². The van der Waals surface area contributed by atoms with Crippen LogP contribution in [0.5, 0.6) is 5.75 Å². The molecule has 2 aromatic rings. The summed E-state index contributed by atoms with van der Waals surface area (Å²) in [4.78, 5) is 24.0. The molecule has 0 heterocycles. The molecule has 2 N–H and O–H groups in total. The molecule has 5 heteroatoms. The number of hydrogen-bond acceptors (Lipinski definition) is 3. The van der Waals surface area contributed by atoms with Crippen LogP contribution >= 0.6 is 0 Å². The lowest BCUT2D eigenvalue weighted by molar-refractivity contribution is -0.123. The van der Waals surface area contributed by atoms with Gasteiger partial charge < -0.3 is 15.4 Å². The minimum Gasteiger partial charge on any atom is -0.484 e. The molecular weight excluding hydrogens is 352 g/mol. The van der Waals surface area contributed by atoms with Crippen LogP contribution in [0.2, 0.25) is 0 Å². The molecule has 0 fully saturated rings. The first-order chi connectivity index (χ1) is 13.5. The fraction of sp³-hybridized carbons (Fsp3) is 0.391. The lowest BCUT2D eigenvalue weighted by Gasteiger charge is -2.10. The molecule has 0 aromatic heterocycles. The van der Waals surface area contributed by atoms with E-state index in [2.05, 4.69) is 31.4 Å². The van der Waals surface area contributed by atoms with Gasteiger partial charge in [0.05, 0.1) is 0 Å². The van der Waals surface area contributed by atoms with Gasteiger partial charge in [-0.3, -0.25) is 9.59 Å². The summed E-state index contributed by atoms with van der Waals surface area (Å²) in [6.45, 7) is 7.04. The summed E-state index contributed by atoms with van der Waals surface area (Å²) in [6.07, 6.45) is 2.14. The van der Waals surface area contributed by atoms with Gasteiger partial charge in [0.2, 0.25) is 0 Å². The molecule has 2 rings (SSSR count). The van der Waals surface area contributed by atoms with Crippen molar-refractivity contribution in [2.24, 2.45) is 0 Å². The second-order valence-electron chi connectivity index (χ2n) is 7.07. The van der Waals surface area contributed by atoms with Gasteiger partial charge >= 0.3 is 0 Å². The van der Waals surface area contributed by atoms with E-state index < -0.39 is 0 Å². The number of rotatable bonds is 10. The van der Waals surface area contributed by atoms with Crippen molar-refractivity contribution in [3.05, 3.63) is 65.2 Å². The topological polar surface area (TPSA) is 67.4 Å². The van der Waals surface area contributed by atoms with Crippen LogP contribution in [0, 0.1) is 0 Å². The Morgan fingerprint density at radius 1 is 0.929 bits per heavy atom. The Bertz CT molecular complexity index is 752. The third kappa shape index (κ3) is 7.06. The molecule has 5 nitrogen and oxygen atoms in total. The van der Waals surface area contributed by atoms with E-state index in [1.807, 2.05) is 48.5 Å². The molecule has 0 radical (unpaired) electrons. The molecule has 28 heavy (non-hydrogen) atoms. The van der Waals surface area contributed by atoms with Gasteiger partial charge in [0, 0.05) is 18.7 Å². The van der Waals surface area contributed by atoms with Crippen LogP contribution in [0.1, 0.15) is 54.6 Å². The largest absolute Gasteiger partial charge is 0.484 e. The number of nitrogens with one attached hydrogen (secondary N) is 2. The maximum Gasteiger partial charge on any atom is 0.258 e. The number of hydrogen-bond donors (Lipinski definition) is 2. The van der Waals surface area contributed by atoms with Gasteiger partial charge in [0.15, 0.2) is 6.61 Å². The second-order valence-corrected chi connectivity index (χ2v) is 7.07. The first kappa shape index (κ1) is 21.5. The van der Waals surface area contributed by atoms with Gasteiger partial charge in [-0.15, -0.1) is 0 Å². The SMILES string of the molecule is CCCc1ccc(OCC(=O)NCCNC(=O)c2ccc(C(C)C)cc2)cc1. The Hall–Kier alpha value is -2.82. The Morgan fingerprint density at radius 3 is 2.18 bits per heavy atom. The standard InChI is InChI=1S/C23H30N2O3/c1-4-5-18-6-12-21(13-7-18)28-16-22(26)24-14-15-25-23(27)20-10-8-19(9-11-20)17(2)3/h6-13,17H,4-5,14-16H2,1-3H3,(H,24,26)(H,25,27). The molecule has 0 aliphatic rings. The Labute approximate surface area is 167 Å². The van der Waals surface area contributed by atoms with Crippen molar-refractivity contribution in [3.63, 3.8) is 0 Å². The van der Waals surface area contributed by atoms with E-state index in [-0.39, 0.29) is 18.4 Å². The van der Waals surface area contributed by atoms with E-state index in [9.17, 15) is 9.59 Å². The van der Waals surface area contributed by atoms with Crippen LogP contribution in [0.3, 0.4) is 0 Å². The van der Waals surface area contributed by atoms with E-state index >= 15 is 0 Å². The van der Waals surface area contributed by atoms with Gasteiger partial charge in [0.1, 0.15) is 5.75 Å². The summed E-state index contributed by atoms with van der Waals surface area (Å²) in [5, 5.41) is 5.54. The summed E-state index contributed by atoms with van der Waals surface area (Å²) in [5.41, 5.74) is 3.07. The molecular formula is C23H30N2O3. The zero-order valence-electron chi connectivity index (χ0n) is 17.0. The molecule has 0 unspecified atom stereocenters. The predicted octanol–water partition coefficient (Wildman–Crippen LogP) is 3.69. The van der Waals surface area contributed by atoms with E-state index in [0.717, 1.165) is 12.8 Å². The highest BCUT2D eigenvalue weighted by atomic mass is 16.5. The summed E-state index contributed by atoms with van der Waals surface area (Å²) < 4.78 is 5.48. The molecule has 150 valence electrons. The van der Waals surface area contributed by atoms with Crippen molar-refractivity contribution < 1.29 is 14.3 Å². The van der Waals surface area contributed by atoms with Gasteiger partial charge in [-0.2, -0.15) is 0 Å². The molecule has 0 aliphatic heterocycles. The van der Waals surface area contributed by atoms with Crippen molar-refractivity contribution >= 4 is 11.8 Å². The van der Waals surface area contributed by atoms with Crippen molar-refractivity contribution in [3.8, 4) is 5.75 Å². The first-order valence-corrected chi connectivity index (χ1v) is 9.86. The van der Waals surface area contributed by atoms with E-state index in [0.29, 0.717) is 30.3 Å². The van der Waals surface area contributed by atoms with E-state index in [1.54, 1.807) is 0 Å². The highest BCUT2D eigenvalue weighted by Crippen LogP contribution is 2.15. The lowest BCUT2D eigenvalue weighted by atomic mass is 10.0. The first-order valence-electron chi connectivity index (χ1n) is 9.86. The molecule has 0 atom stereocenters. The number of ether oxygens (including phenoxy) is 1.